The average molecular weight is 351 g/mol. The van der Waals surface area contributed by atoms with Crippen molar-refractivity contribution in [1.82, 2.24) is 4.90 Å². The molecule has 1 aliphatic rings. The van der Waals surface area contributed by atoms with E-state index in [1.807, 2.05) is 25.1 Å². The summed E-state index contributed by atoms with van der Waals surface area (Å²) in [5.74, 6) is 0.480. The Hall–Kier alpha value is -2.13. The van der Waals surface area contributed by atoms with E-state index in [9.17, 15) is 4.79 Å². The molecule has 0 spiro atoms. The van der Waals surface area contributed by atoms with Crippen molar-refractivity contribution >= 4 is 5.97 Å². The SMILES string of the molecule is CCOC(=O)c1ccc(-c2ccccc2)c(CN2CC(C)CCC2C)c1. The van der Waals surface area contributed by atoms with Crippen molar-refractivity contribution in [3.05, 3.63) is 59.7 Å². The van der Waals surface area contributed by atoms with E-state index in [4.69, 9.17) is 4.74 Å². The van der Waals surface area contributed by atoms with E-state index in [1.165, 1.54) is 29.5 Å². The predicted octanol–water partition coefficient (Wildman–Crippen LogP) is 5.15. The molecule has 0 amide bonds. The van der Waals surface area contributed by atoms with Crippen molar-refractivity contribution in [3.8, 4) is 11.1 Å². The Morgan fingerprint density at radius 3 is 2.62 bits per heavy atom. The van der Waals surface area contributed by atoms with E-state index < -0.39 is 0 Å². The summed E-state index contributed by atoms with van der Waals surface area (Å²) >= 11 is 0. The number of hydrogen-bond donors (Lipinski definition) is 0. The monoisotopic (exact) mass is 351 g/mol. The number of rotatable bonds is 5. The Labute approximate surface area is 157 Å². The van der Waals surface area contributed by atoms with Gasteiger partial charge in [-0.3, -0.25) is 4.90 Å². The van der Waals surface area contributed by atoms with Crippen LogP contribution in [0.5, 0.6) is 0 Å². The highest BCUT2D eigenvalue weighted by Crippen LogP contribution is 2.29. The first-order chi connectivity index (χ1) is 12.6. The van der Waals surface area contributed by atoms with Crippen molar-refractivity contribution in [3.63, 3.8) is 0 Å². The van der Waals surface area contributed by atoms with Crippen LogP contribution in [0.2, 0.25) is 0 Å². The zero-order valence-corrected chi connectivity index (χ0v) is 16.1. The zero-order chi connectivity index (χ0) is 18.5. The molecule has 26 heavy (non-hydrogen) atoms. The highest BCUT2D eigenvalue weighted by Gasteiger charge is 2.24. The van der Waals surface area contributed by atoms with Crippen LogP contribution in [0.1, 0.15) is 49.5 Å². The third-order valence-corrected chi connectivity index (χ3v) is 5.32. The van der Waals surface area contributed by atoms with E-state index in [2.05, 4.69) is 49.1 Å². The second-order valence-electron chi connectivity index (χ2n) is 7.42. The van der Waals surface area contributed by atoms with Gasteiger partial charge >= 0.3 is 5.97 Å². The van der Waals surface area contributed by atoms with Crippen molar-refractivity contribution in [1.29, 1.82) is 0 Å². The van der Waals surface area contributed by atoms with Crippen LogP contribution in [0, 0.1) is 5.92 Å². The van der Waals surface area contributed by atoms with Gasteiger partial charge in [-0.1, -0.05) is 43.3 Å². The maximum atomic E-state index is 12.2. The molecule has 1 fully saturated rings. The molecule has 1 saturated heterocycles. The third-order valence-electron chi connectivity index (χ3n) is 5.32. The first-order valence-corrected chi connectivity index (χ1v) is 9.68. The molecular weight excluding hydrogens is 322 g/mol. The molecule has 3 rings (SSSR count). The molecule has 2 unspecified atom stereocenters. The quantitative estimate of drug-likeness (QED) is 0.698. The molecule has 1 heterocycles. The second-order valence-corrected chi connectivity index (χ2v) is 7.42. The lowest BCUT2D eigenvalue weighted by molar-refractivity contribution is 0.0526. The van der Waals surface area contributed by atoms with Gasteiger partial charge in [0, 0.05) is 19.1 Å². The molecule has 138 valence electrons. The molecule has 0 aliphatic carbocycles. The maximum Gasteiger partial charge on any atom is 0.338 e. The lowest BCUT2D eigenvalue weighted by Crippen LogP contribution is -2.40. The number of likely N-dealkylation sites (tertiary alicyclic amines) is 1. The van der Waals surface area contributed by atoms with Crippen LogP contribution in [-0.4, -0.2) is 30.1 Å². The first kappa shape index (κ1) is 18.7. The largest absolute Gasteiger partial charge is 0.462 e. The molecule has 0 bridgehead atoms. The molecule has 2 atom stereocenters. The molecule has 2 aromatic rings. The van der Waals surface area contributed by atoms with Crippen LogP contribution in [0.4, 0.5) is 0 Å². The van der Waals surface area contributed by atoms with Gasteiger partial charge < -0.3 is 4.74 Å². The minimum absolute atomic E-state index is 0.242. The number of hydrogen-bond acceptors (Lipinski definition) is 3. The number of ether oxygens (including phenoxy) is 1. The van der Waals surface area contributed by atoms with Gasteiger partial charge in [0.25, 0.3) is 0 Å². The molecule has 3 heteroatoms. The van der Waals surface area contributed by atoms with Gasteiger partial charge in [-0.15, -0.1) is 0 Å². The normalized spacial score (nSPS) is 20.7. The molecule has 2 aromatic carbocycles. The lowest BCUT2D eigenvalue weighted by atomic mass is 9.92. The smallest absolute Gasteiger partial charge is 0.338 e. The Morgan fingerprint density at radius 1 is 1.12 bits per heavy atom. The molecular formula is C23H29NO2. The summed E-state index contributed by atoms with van der Waals surface area (Å²) in [5, 5.41) is 0. The third kappa shape index (κ3) is 4.34. The number of piperidine rings is 1. The number of carbonyl (C=O) groups is 1. The fourth-order valence-electron chi connectivity index (χ4n) is 3.78. The van der Waals surface area contributed by atoms with Gasteiger partial charge in [-0.05, 0) is 61.4 Å². The fraction of sp³-hybridized carbons (Fsp3) is 0.435. The van der Waals surface area contributed by atoms with Gasteiger partial charge in [-0.2, -0.15) is 0 Å². The minimum Gasteiger partial charge on any atom is -0.462 e. The maximum absolute atomic E-state index is 12.2. The van der Waals surface area contributed by atoms with Crippen LogP contribution in [0.25, 0.3) is 11.1 Å². The Balaban J connectivity index is 1.95. The Bertz CT molecular complexity index is 741. The summed E-state index contributed by atoms with van der Waals surface area (Å²) in [6.45, 7) is 8.85. The van der Waals surface area contributed by atoms with E-state index in [1.54, 1.807) is 0 Å². The Kier molecular flexibility index (Phi) is 6.10. The number of esters is 1. The summed E-state index contributed by atoms with van der Waals surface area (Å²) in [6.07, 6.45) is 2.53. The van der Waals surface area contributed by atoms with Gasteiger partial charge in [0.05, 0.1) is 12.2 Å². The van der Waals surface area contributed by atoms with Crippen molar-refractivity contribution < 1.29 is 9.53 Å². The molecule has 0 aromatic heterocycles. The van der Waals surface area contributed by atoms with E-state index >= 15 is 0 Å². The zero-order valence-electron chi connectivity index (χ0n) is 16.1. The molecule has 1 aliphatic heterocycles. The molecule has 0 N–H and O–H groups in total. The van der Waals surface area contributed by atoms with Crippen LogP contribution in [0.15, 0.2) is 48.5 Å². The lowest BCUT2D eigenvalue weighted by Gasteiger charge is -2.37. The van der Waals surface area contributed by atoms with Crippen LogP contribution < -0.4 is 0 Å². The summed E-state index contributed by atoms with van der Waals surface area (Å²) in [7, 11) is 0. The first-order valence-electron chi connectivity index (χ1n) is 9.68. The van der Waals surface area contributed by atoms with E-state index in [-0.39, 0.29) is 5.97 Å². The predicted molar refractivity (Wildman–Crippen MR) is 106 cm³/mol. The second kappa shape index (κ2) is 8.50. The van der Waals surface area contributed by atoms with Gasteiger partial charge in [0.15, 0.2) is 0 Å². The number of carbonyl (C=O) groups excluding carboxylic acids is 1. The molecule has 3 nitrogen and oxygen atoms in total. The van der Waals surface area contributed by atoms with Gasteiger partial charge in [0.1, 0.15) is 0 Å². The fourth-order valence-corrected chi connectivity index (χ4v) is 3.78. The summed E-state index contributed by atoms with van der Waals surface area (Å²) < 4.78 is 5.20. The highest BCUT2D eigenvalue weighted by molar-refractivity contribution is 5.90. The highest BCUT2D eigenvalue weighted by atomic mass is 16.5. The minimum atomic E-state index is -0.242. The van der Waals surface area contributed by atoms with E-state index in [0.717, 1.165) is 19.0 Å². The summed E-state index contributed by atoms with van der Waals surface area (Å²) in [4.78, 5) is 14.8. The van der Waals surface area contributed by atoms with Crippen molar-refractivity contribution in [2.75, 3.05) is 13.2 Å². The molecule has 0 saturated carbocycles. The van der Waals surface area contributed by atoms with Crippen molar-refractivity contribution in [2.24, 2.45) is 5.92 Å². The Morgan fingerprint density at radius 2 is 1.88 bits per heavy atom. The van der Waals surface area contributed by atoms with Crippen LogP contribution in [-0.2, 0) is 11.3 Å². The van der Waals surface area contributed by atoms with Crippen molar-refractivity contribution in [2.45, 2.75) is 46.2 Å². The van der Waals surface area contributed by atoms with Gasteiger partial charge in [0.2, 0.25) is 0 Å². The number of nitrogens with zero attached hydrogens (tertiary/aromatic N) is 1. The average Bonchev–Trinajstić information content (AvgIpc) is 2.65. The van der Waals surface area contributed by atoms with Gasteiger partial charge in [-0.25, -0.2) is 4.79 Å². The van der Waals surface area contributed by atoms with Crippen LogP contribution in [0.3, 0.4) is 0 Å². The number of benzene rings is 2. The summed E-state index contributed by atoms with van der Waals surface area (Å²) in [6, 6.07) is 16.9. The standard InChI is InChI=1S/C23H29NO2/c1-4-26-23(25)20-12-13-22(19-8-6-5-7-9-19)21(14-20)16-24-15-17(2)10-11-18(24)3/h5-9,12-14,17-18H,4,10-11,15-16H2,1-3H3. The van der Waals surface area contributed by atoms with Crippen LogP contribution >= 0.6 is 0 Å². The topological polar surface area (TPSA) is 29.5 Å². The molecule has 0 radical (unpaired) electrons. The summed E-state index contributed by atoms with van der Waals surface area (Å²) in [5.41, 5.74) is 4.22. The van der Waals surface area contributed by atoms with E-state index in [0.29, 0.717) is 18.2 Å².